The van der Waals surface area contributed by atoms with Gasteiger partial charge in [-0.15, -0.1) is 0 Å². The van der Waals surface area contributed by atoms with Crippen LogP contribution in [-0.4, -0.2) is 81.7 Å². The van der Waals surface area contributed by atoms with Gasteiger partial charge >= 0.3 is 0 Å². The Hall–Kier alpha value is -7.46. The second-order valence-electron chi connectivity index (χ2n) is 21.3. The minimum atomic E-state index is -1.18. The van der Waals surface area contributed by atoms with Crippen LogP contribution in [0.1, 0.15) is 50.1 Å². The van der Waals surface area contributed by atoms with Crippen LogP contribution in [0.25, 0.3) is 0 Å². The van der Waals surface area contributed by atoms with Gasteiger partial charge in [-0.05, 0) is 50.1 Å². The lowest BCUT2D eigenvalue weighted by atomic mass is 9.80. The molecule has 0 radical (unpaired) electrons. The summed E-state index contributed by atoms with van der Waals surface area (Å²) in [4.78, 5) is 0. The molecule has 10 atom stereocenters. The molecule has 436 valence electrons. The Kier molecular flexibility index (Phi) is 21.3. The van der Waals surface area contributed by atoms with Crippen molar-refractivity contribution in [2.24, 2.45) is 0 Å². The number of ether oxygens (including phenoxy) is 11. The van der Waals surface area contributed by atoms with Crippen molar-refractivity contribution in [1.82, 2.24) is 0 Å². The zero-order chi connectivity index (χ0) is 57.7. The Morgan fingerprint density at radius 1 is 0.294 bits per heavy atom. The summed E-state index contributed by atoms with van der Waals surface area (Å²) in [6.07, 6.45) is -8.90. The molecule has 11 heteroatoms. The summed E-state index contributed by atoms with van der Waals surface area (Å²) < 4.78 is 78.9. The molecule has 0 amide bonds. The molecule has 2 fully saturated rings. The number of methoxy groups -OCH3 is 1. The summed E-state index contributed by atoms with van der Waals surface area (Å²) in [7, 11) is 1.62. The average molecular weight is 1140 g/mol. The topological polar surface area (TPSA) is 102 Å². The molecule has 2 heterocycles. The molecular weight excluding hydrogens is 1060 g/mol. The number of hydrogen-bond acceptors (Lipinski definition) is 11. The van der Waals surface area contributed by atoms with E-state index in [0.29, 0.717) is 6.61 Å². The first-order valence-electron chi connectivity index (χ1n) is 29.3. The van der Waals surface area contributed by atoms with E-state index < -0.39 is 67.0 Å². The zero-order valence-electron chi connectivity index (χ0n) is 47.9. The first kappa shape index (κ1) is 59.3. The lowest BCUT2D eigenvalue weighted by molar-refractivity contribution is -0.376. The molecule has 2 aliphatic heterocycles. The summed E-state index contributed by atoms with van der Waals surface area (Å²) in [5, 5.41) is 0. The van der Waals surface area contributed by atoms with Gasteiger partial charge in [-0.1, -0.05) is 273 Å². The van der Waals surface area contributed by atoms with Crippen molar-refractivity contribution >= 4 is 0 Å². The van der Waals surface area contributed by atoms with E-state index in [4.69, 9.17) is 52.1 Å². The average Bonchev–Trinajstić information content (AvgIpc) is 1.90. The first-order chi connectivity index (χ1) is 42.1. The van der Waals surface area contributed by atoms with Crippen LogP contribution >= 0.6 is 0 Å². The van der Waals surface area contributed by atoms with Gasteiger partial charge in [-0.2, -0.15) is 0 Å². The normalized spacial score (nSPS) is 22.4. The maximum Gasteiger partial charge on any atom is 0.187 e. The maximum atomic E-state index is 7.73. The van der Waals surface area contributed by atoms with Gasteiger partial charge < -0.3 is 52.1 Å². The van der Waals surface area contributed by atoms with Crippen molar-refractivity contribution in [1.29, 1.82) is 0 Å². The number of hydrogen-bond donors (Lipinski definition) is 0. The minimum Gasteiger partial charge on any atom is -0.374 e. The predicted molar refractivity (Wildman–Crippen MR) is 326 cm³/mol. The molecule has 0 unspecified atom stereocenters. The highest BCUT2D eigenvalue weighted by atomic mass is 16.8. The molecular formula is C74H74O11. The summed E-state index contributed by atoms with van der Waals surface area (Å²) >= 11 is 0. The molecule has 0 N–H and O–H groups in total. The van der Waals surface area contributed by atoms with E-state index in [-0.39, 0.29) is 46.2 Å². The zero-order valence-corrected chi connectivity index (χ0v) is 47.9. The largest absolute Gasteiger partial charge is 0.374 e. The second kappa shape index (κ2) is 30.6. The SMILES string of the molecule is CO[C@H]1O[C@H](COCc2ccccc2)[C@@H](O[C@H]2O[C@H](COC(c3ccccc3)(c3ccccc3)c3ccccc3)[C@@H](OCc3ccccc3)[C@H](OCc3ccccc3)[C@H]2OCc2ccccc2)[C@H](OCc2ccccc2)[C@H]1OCc1ccccc1. The van der Waals surface area contributed by atoms with Gasteiger partial charge in [0.1, 0.15) is 54.4 Å². The van der Waals surface area contributed by atoms with Crippen LogP contribution in [0.2, 0.25) is 0 Å². The summed E-state index contributed by atoms with van der Waals surface area (Å²) in [6.45, 7) is 1.53. The molecule has 85 heavy (non-hydrogen) atoms. The molecule has 9 aromatic rings. The third kappa shape index (κ3) is 15.5. The van der Waals surface area contributed by atoms with E-state index >= 15 is 0 Å². The molecule has 9 aromatic carbocycles. The molecule has 0 aliphatic carbocycles. The molecule has 11 nitrogen and oxygen atoms in total. The number of benzene rings is 9. The van der Waals surface area contributed by atoms with Crippen molar-refractivity contribution in [3.05, 3.63) is 323 Å². The minimum absolute atomic E-state index is 0.00186. The molecule has 0 spiro atoms. The highest BCUT2D eigenvalue weighted by molar-refractivity contribution is 5.47. The van der Waals surface area contributed by atoms with Crippen molar-refractivity contribution in [2.45, 2.75) is 107 Å². The van der Waals surface area contributed by atoms with Gasteiger partial charge in [0, 0.05) is 7.11 Å². The van der Waals surface area contributed by atoms with Crippen LogP contribution in [0.3, 0.4) is 0 Å². The molecule has 2 saturated heterocycles. The van der Waals surface area contributed by atoms with Crippen LogP contribution in [0.15, 0.2) is 273 Å². The molecule has 0 bridgehead atoms. The van der Waals surface area contributed by atoms with Crippen molar-refractivity contribution in [3.63, 3.8) is 0 Å². The maximum absolute atomic E-state index is 7.73. The summed E-state index contributed by atoms with van der Waals surface area (Å²) in [5.74, 6) is 0. The van der Waals surface area contributed by atoms with Crippen molar-refractivity contribution < 1.29 is 52.1 Å². The smallest absolute Gasteiger partial charge is 0.187 e. The lowest BCUT2D eigenvalue weighted by Crippen LogP contribution is -2.66. The molecule has 2 aliphatic rings. The van der Waals surface area contributed by atoms with E-state index in [1.54, 1.807) is 7.11 Å². The molecule has 11 rings (SSSR count). The standard InChI is InChI=1S/C74H74O11/c1-75-72-70(80-51-59-37-19-6-20-38-59)69(79-50-58-35-17-5-18-36-58)67(64(83-72)53-76-47-55-29-11-2-12-30-55)85-73-71(81-52-60-39-21-7-22-40-60)68(78-49-57-33-15-4-16-34-57)66(77-48-56-31-13-3-14-32-56)65(84-73)54-82-74(61-41-23-8-24-42-61,62-43-25-9-26-44-62)63-45-27-10-28-46-63/h2-46,64-73H,47-54H2,1H3/t64-,65-,66-,67-,68+,69+,70-,71-,72+,73-/m1/s1. The predicted octanol–water partition coefficient (Wildman–Crippen LogP) is 13.6. The van der Waals surface area contributed by atoms with E-state index in [9.17, 15) is 0 Å². The Bertz CT molecular complexity index is 3180. The first-order valence-corrected chi connectivity index (χ1v) is 29.3. The van der Waals surface area contributed by atoms with Crippen LogP contribution in [0.4, 0.5) is 0 Å². The Morgan fingerprint density at radius 3 is 0.941 bits per heavy atom. The summed E-state index contributed by atoms with van der Waals surface area (Å²) in [5.41, 5.74) is 7.50. The van der Waals surface area contributed by atoms with E-state index in [1.807, 2.05) is 212 Å². The van der Waals surface area contributed by atoms with Gasteiger partial charge in [0.05, 0.1) is 52.9 Å². The Balaban J connectivity index is 1.04. The Labute approximate surface area is 499 Å². The molecule has 0 aromatic heterocycles. The highest BCUT2D eigenvalue weighted by Gasteiger charge is 2.55. The van der Waals surface area contributed by atoms with Crippen molar-refractivity contribution in [3.8, 4) is 0 Å². The van der Waals surface area contributed by atoms with Crippen molar-refractivity contribution in [2.75, 3.05) is 20.3 Å². The summed E-state index contributed by atoms with van der Waals surface area (Å²) in [6, 6.07) is 91.4. The number of rotatable bonds is 28. The van der Waals surface area contributed by atoms with Crippen LogP contribution in [0.5, 0.6) is 0 Å². The van der Waals surface area contributed by atoms with E-state index in [2.05, 4.69) is 60.7 Å². The van der Waals surface area contributed by atoms with Gasteiger partial charge in [-0.25, -0.2) is 0 Å². The lowest BCUT2D eigenvalue weighted by Gasteiger charge is -2.50. The van der Waals surface area contributed by atoms with Gasteiger partial charge in [0.25, 0.3) is 0 Å². The second-order valence-corrected chi connectivity index (χ2v) is 21.3. The van der Waals surface area contributed by atoms with E-state index in [0.717, 1.165) is 50.1 Å². The van der Waals surface area contributed by atoms with E-state index in [1.165, 1.54) is 0 Å². The van der Waals surface area contributed by atoms with Gasteiger partial charge in [0.2, 0.25) is 0 Å². The fourth-order valence-corrected chi connectivity index (χ4v) is 11.3. The highest BCUT2D eigenvalue weighted by Crippen LogP contribution is 2.43. The molecule has 0 saturated carbocycles. The fraction of sp³-hybridized carbons (Fsp3) is 0.270. The van der Waals surface area contributed by atoms with Crippen LogP contribution < -0.4 is 0 Å². The third-order valence-electron chi connectivity index (χ3n) is 15.5. The van der Waals surface area contributed by atoms with Crippen LogP contribution in [-0.2, 0) is 97.3 Å². The third-order valence-corrected chi connectivity index (χ3v) is 15.5. The quantitative estimate of drug-likeness (QED) is 0.0438. The van der Waals surface area contributed by atoms with Gasteiger partial charge in [0.15, 0.2) is 12.6 Å². The monoisotopic (exact) mass is 1140 g/mol. The van der Waals surface area contributed by atoms with Crippen LogP contribution in [0, 0.1) is 0 Å². The van der Waals surface area contributed by atoms with Gasteiger partial charge in [-0.3, -0.25) is 0 Å². The Morgan fingerprint density at radius 2 is 0.576 bits per heavy atom. The fourth-order valence-electron chi connectivity index (χ4n) is 11.3.